The fourth-order valence-electron chi connectivity index (χ4n) is 2.55. The van der Waals surface area contributed by atoms with E-state index >= 15 is 0 Å². The maximum Gasteiger partial charge on any atom is 0.349 e. The molecule has 1 aromatic heterocycles. The van der Waals surface area contributed by atoms with E-state index in [0.29, 0.717) is 5.56 Å². The maximum absolute atomic E-state index is 14.4. The molecule has 2 aromatic rings. The van der Waals surface area contributed by atoms with Crippen molar-refractivity contribution < 1.29 is 23.5 Å². The summed E-state index contributed by atoms with van der Waals surface area (Å²) in [7, 11) is 0. The van der Waals surface area contributed by atoms with Crippen molar-refractivity contribution in [1.82, 2.24) is 9.55 Å². The Morgan fingerprint density at radius 3 is 2.81 bits per heavy atom. The Hall–Kier alpha value is -2.52. The van der Waals surface area contributed by atoms with Crippen LogP contribution in [0.1, 0.15) is 28.3 Å². The zero-order chi connectivity index (χ0) is 19.4. The minimum atomic E-state index is -0.733. The molecule has 0 bridgehead atoms. The summed E-state index contributed by atoms with van der Waals surface area (Å²) in [6.07, 6.45) is 0.744. The third kappa shape index (κ3) is 4.81. The number of ketones is 1. The van der Waals surface area contributed by atoms with E-state index in [1.54, 1.807) is 30.3 Å². The highest BCUT2D eigenvalue weighted by Crippen LogP contribution is 2.34. The number of nitrogens with zero attached hydrogens (tertiary/aromatic N) is 2. The van der Waals surface area contributed by atoms with Gasteiger partial charge in [-0.15, -0.1) is 0 Å². The Labute approximate surface area is 158 Å². The quantitative estimate of drug-likeness (QED) is 0.549. The van der Waals surface area contributed by atoms with Crippen LogP contribution in [0.5, 0.6) is 0 Å². The van der Waals surface area contributed by atoms with Gasteiger partial charge in [0.1, 0.15) is 17.4 Å². The van der Waals surface area contributed by atoms with Crippen molar-refractivity contribution in [1.29, 1.82) is 0 Å². The molecule has 0 saturated carbocycles. The van der Waals surface area contributed by atoms with Gasteiger partial charge < -0.3 is 9.47 Å². The highest BCUT2D eigenvalue weighted by Gasteiger charge is 2.30. The monoisotopic (exact) mass is 392 g/mol. The second kappa shape index (κ2) is 8.45. The fourth-order valence-corrected chi connectivity index (χ4v) is 3.64. The molecule has 0 amide bonds. The molecule has 0 aliphatic carbocycles. The molecule has 1 aromatic carbocycles. The van der Waals surface area contributed by atoms with Gasteiger partial charge >= 0.3 is 11.7 Å². The number of halogens is 1. The van der Waals surface area contributed by atoms with E-state index in [1.165, 1.54) is 18.7 Å². The summed E-state index contributed by atoms with van der Waals surface area (Å²) in [5.74, 6) is -1.48. The average molecular weight is 392 g/mol. The van der Waals surface area contributed by atoms with Gasteiger partial charge in [0.15, 0.2) is 11.6 Å². The molecule has 0 radical (unpaired) electrons. The van der Waals surface area contributed by atoms with Crippen LogP contribution >= 0.6 is 11.8 Å². The van der Waals surface area contributed by atoms with Gasteiger partial charge in [0.2, 0.25) is 0 Å². The molecule has 0 N–H and O–H groups in total. The molecular weight excluding hydrogens is 375 g/mol. The lowest BCUT2D eigenvalue weighted by molar-refractivity contribution is -0.142. The summed E-state index contributed by atoms with van der Waals surface area (Å²) < 4.78 is 25.9. The first kappa shape index (κ1) is 19.2. The van der Waals surface area contributed by atoms with Crippen LogP contribution in [0.3, 0.4) is 0 Å². The predicted octanol–water partition coefficient (Wildman–Crippen LogP) is 1.96. The van der Waals surface area contributed by atoms with Crippen molar-refractivity contribution >= 4 is 23.5 Å². The van der Waals surface area contributed by atoms with Gasteiger partial charge in [-0.3, -0.25) is 14.2 Å². The maximum atomic E-state index is 14.4. The van der Waals surface area contributed by atoms with E-state index in [1.807, 2.05) is 0 Å². The Bertz CT molecular complexity index is 902. The molecule has 0 unspecified atom stereocenters. The molecule has 1 fully saturated rings. The summed E-state index contributed by atoms with van der Waals surface area (Å²) in [4.78, 5) is 39.1. The molecule has 1 aliphatic rings. The molecule has 2 heterocycles. The van der Waals surface area contributed by atoms with Gasteiger partial charge in [0.25, 0.3) is 0 Å². The van der Waals surface area contributed by atoms with Crippen molar-refractivity contribution in [2.24, 2.45) is 0 Å². The van der Waals surface area contributed by atoms with Crippen molar-refractivity contribution in [3.63, 3.8) is 0 Å². The summed E-state index contributed by atoms with van der Waals surface area (Å²) in [6.45, 7) is 1.49. The number of aromatic nitrogens is 2. The molecule has 3 rings (SSSR count). The molecule has 2 atom stereocenters. The average Bonchev–Trinajstić information content (AvgIpc) is 3.12. The number of esters is 1. The Morgan fingerprint density at radius 2 is 2.11 bits per heavy atom. The van der Waals surface area contributed by atoms with Crippen LogP contribution in [0.25, 0.3) is 0 Å². The first-order valence-corrected chi connectivity index (χ1v) is 9.14. The number of thioether (sulfide) groups is 1. The molecule has 0 spiro atoms. The molecule has 1 saturated heterocycles. The largest absolute Gasteiger partial charge is 0.462 e. The lowest BCUT2D eigenvalue weighted by atomic mass is 10.1. The third-order valence-corrected chi connectivity index (χ3v) is 5.12. The van der Waals surface area contributed by atoms with Gasteiger partial charge in [0.05, 0.1) is 18.7 Å². The number of carbonyl (C=O) groups is 2. The van der Waals surface area contributed by atoms with E-state index in [4.69, 9.17) is 9.47 Å². The van der Waals surface area contributed by atoms with Gasteiger partial charge in [0, 0.05) is 18.7 Å². The Balaban J connectivity index is 1.71. The van der Waals surface area contributed by atoms with E-state index in [0.717, 1.165) is 10.8 Å². The first-order chi connectivity index (χ1) is 12.9. The zero-order valence-corrected chi connectivity index (χ0v) is 15.3. The van der Waals surface area contributed by atoms with Crippen LogP contribution in [0.2, 0.25) is 0 Å². The summed E-state index contributed by atoms with van der Waals surface area (Å²) in [5.41, 5.74) is -0.865. The molecule has 9 heteroatoms. The van der Waals surface area contributed by atoms with Crippen molar-refractivity contribution in [3.8, 4) is 0 Å². The lowest BCUT2D eigenvalue weighted by Gasteiger charge is -2.13. The van der Waals surface area contributed by atoms with E-state index in [2.05, 4.69) is 4.98 Å². The van der Waals surface area contributed by atoms with Crippen LogP contribution in [-0.4, -0.2) is 40.0 Å². The predicted molar refractivity (Wildman–Crippen MR) is 95.9 cm³/mol. The molecule has 142 valence electrons. The molecular formula is C18H17FN2O5S. The number of Topliss-reactive ketones (excluding diaryl/α,β-unsaturated/α-hetero) is 1. The van der Waals surface area contributed by atoms with E-state index in [9.17, 15) is 18.8 Å². The van der Waals surface area contributed by atoms with Crippen LogP contribution in [0, 0.1) is 5.82 Å². The number of hydrogen-bond donors (Lipinski definition) is 0. The van der Waals surface area contributed by atoms with E-state index in [-0.39, 0.29) is 31.1 Å². The van der Waals surface area contributed by atoms with Crippen molar-refractivity contribution in [2.45, 2.75) is 24.2 Å². The molecule has 27 heavy (non-hydrogen) atoms. The number of ether oxygens (including phenoxy) is 2. The lowest BCUT2D eigenvalue weighted by Crippen LogP contribution is -2.28. The van der Waals surface area contributed by atoms with Crippen LogP contribution in [0.15, 0.2) is 41.3 Å². The van der Waals surface area contributed by atoms with Gasteiger partial charge in [-0.25, -0.2) is 9.18 Å². The van der Waals surface area contributed by atoms with Crippen molar-refractivity contribution in [2.75, 3.05) is 13.2 Å². The molecule has 1 aliphatic heterocycles. The topological polar surface area (TPSA) is 87.5 Å². The normalized spacial score (nSPS) is 19.0. The number of hydrogen-bond acceptors (Lipinski definition) is 7. The summed E-state index contributed by atoms with van der Waals surface area (Å²) in [5, 5.41) is -0.487. The standard InChI is InChI=1S/C18H17FN2O5S/c1-11(22)25-10-17-26-9-16(27-17)21-8-13(19)14(20-18(21)24)7-15(23)12-5-3-2-4-6-12/h2-6,8,16-17H,7,9-10H2,1H3/t16-,17-/m0/s1. The minimum absolute atomic E-state index is 0.0465. The Morgan fingerprint density at radius 1 is 1.37 bits per heavy atom. The third-order valence-electron chi connectivity index (χ3n) is 3.87. The second-order valence-electron chi connectivity index (χ2n) is 5.85. The minimum Gasteiger partial charge on any atom is -0.462 e. The smallest absolute Gasteiger partial charge is 0.349 e. The van der Waals surface area contributed by atoms with Crippen LogP contribution < -0.4 is 5.69 Å². The number of carbonyl (C=O) groups excluding carboxylic acids is 2. The van der Waals surface area contributed by atoms with Crippen LogP contribution in [0.4, 0.5) is 4.39 Å². The summed E-state index contributed by atoms with van der Waals surface area (Å²) in [6, 6.07) is 8.43. The van der Waals surface area contributed by atoms with Crippen molar-refractivity contribution in [3.05, 3.63) is 64.1 Å². The highest BCUT2D eigenvalue weighted by atomic mass is 32.2. The van der Waals surface area contributed by atoms with Crippen LogP contribution in [-0.2, 0) is 20.7 Å². The zero-order valence-electron chi connectivity index (χ0n) is 14.5. The van der Waals surface area contributed by atoms with E-state index < -0.39 is 28.3 Å². The van der Waals surface area contributed by atoms with Gasteiger partial charge in [-0.1, -0.05) is 42.1 Å². The molecule has 7 nitrogen and oxygen atoms in total. The number of rotatable bonds is 6. The highest BCUT2D eigenvalue weighted by molar-refractivity contribution is 8.00. The Kier molecular flexibility index (Phi) is 6.02. The fraction of sp³-hybridized carbons (Fsp3) is 0.333. The number of benzene rings is 1. The summed E-state index contributed by atoms with van der Waals surface area (Å²) >= 11 is 1.24. The SMILES string of the molecule is CC(=O)OC[C@H]1OC[C@@H](n2cc(F)c(CC(=O)c3ccccc3)nc2=O)S1. The second-order valence-corrected chi connectivity index (χ2v) is 7.19. The van der Waals surface area contributed by atoms with Gasteiger partial charge in [-0.05, 0) is 0 Å². The van der Waals surface area contributed by atoms with Gasteiger partial charge in [-0.2, -0.15) is 4.98 Å². The first-order valence-electron chi connectivity index (χ1n) is 8.20.